The molecule has 0 aromatic heterocycles. The Morgan fingerprint density at radius 1 is 0.974 bits per heavy atom. The van der Waals surface area contributed by atoms with E-state index in [1.165, 1.54) is 17.0 Å². The molecule has 7 nitrogen and oxygen atoms in total. The molecule has 9 heteroatoms. The van der Waals surface area contributed by atoms with Crippen LogP contribution in [-0.4, -0.2) is 44.3 Å². The first-order valence-corrected chi connectivity index (χ1v) is 14.8. The van der Waals surface area contributed by atoms with Crippen molar-refractivity contribution in [2.45, 2.75) is 51.1 Å². The quantitative estimate of drug-likeness (QED) is 0.287. The molecular formula is C29H34BrN3O4S. The van der Waals surface area contributed by atoms with Crippen LogP contribution in [0.3, 0.4) is 0 Å². The van der Waals surface area contributed by atoms with Crippen LogP contribution in [0.25, 0.3) is 0 Å². The first-order valence-electron chi connectivity index (χ1n) is 12.6. The molecule has 1 N–H and O–H groups in total. The highest BCUT2D eigenvalue weighted by molar-refractivity contribution is 9.10. The summed E-state index contributed by atoms with van der Waals surface area (Å²) < 4.78 is 29.6. The zero-order chi connectivity index (χ0) is 27.7. The van der Waals surface area contributed by atoms with Crippen molar-refractivity contribution in [3.8, 4) is 0 Å². The molecule has 0 saturated carbocycles. The van der Waals surface area contributed by atoms with Gasteiger partial charge in [0.2, 0.25) is 11.8 Å². The first kappa shape index (κ1) is 29.4. The number of para-hydroxylation sites is 1. The van der Waals surface area contributed by atoms with Crippen LogP contribution in [0, 0.1) is 6.92 Å². The summed E-state index contributed by atoms with van der Waals surface area (Å²) in [6.07, 6.45) is 1.76. The van der Waals surface area contributed by atoms with Gasteiger partial charge in [-0.15, -0.1) is 0 Å². The van der Waals surface area contributed by atoms with Gasteiger partial charge in [0.25, 0.3) is 10.0 Å². The highest BCUT2D eigenvalue weighted by atomic mass is 79.9. The van der Waals surface area contributed by atoms with Crippen LogP contribution in [-0.2, 0) is 26.2 Å². The number of unbranched alkanes of at least 4 members (excludes halogenated alkanes) is 1. The lowest BCUT2D eigenvalue weighted by Gasteiger charge is -2.32. The maximum atomic E-state index is 13.9. The second kappa shape index (κ2) is 13.6. The molecule has 0 fully saturated rings. The van der Waals surface area contributed by atoms with Crippen molar-refractivity contribution < 1.29 is 18.0 Å². The van der Waals surface area contributed by atoms with Crippen LogP contribution < -0.4 is 9.62 Å². The van der Waals surface area contributed by atoms with Crippen molar-refractivity contribution in [3.05, 3.63) is 94.5 Å². The van der Waals surface area contributed by atoms with Gasteiger partial charge in [0.05, 0.1) is 10.6 Å². The molecule has 1 atom stereocenters. The Balaban J connectivity index is 2.00. The third-order valence-electron chi connectivity index (χ3n) is 6.23. The van der Waals surface area contributed by atoms with Crippen LogP contribution >= 0.6 is 15.9 Å². The van der Waals surface area contributed by atoms with Crippen molar-refractivity contribution in [2.24, 2.45) is 0 Å². The van der Waals surface area contributed by atoms with E-state index in [0.717, 1.165) is 27.2 Å². The fourth-order valence-corrected chi connectivity index (χ4v) is 5.97. The number of amides is 2. The van der Waals surface area contributed by atoms with Gasteiger partial charge in [0.15, 0.2) is 0 Å². The fourth-order valence-electron chi connectivity index (χ4n) is 4.03. The average Bonchev–Trinajstić information content (AvgIpc) is 2.91. The van der Waals surface area contributed by atoms with E-state index in [9.17, 15) is 18.0 Å². The number of benzene rings is 3. The van der Waals surface area contributed by atoms with Gasteiger partial charge in [0, 0.05) is 17.6 Å². The summed E-state index contributed by atoms with van der Waals surface area (Å²) >= 11 is 3.46. The normalized spacial score (nSPS) is 12.0. The minimum absolute atomic E-state index is 0.0833. The first-order chi connectivity index (χ1) is 18.1. The van der Waals surface area contributed by atoms with Crippen LogP contribution in [0.2, 0.25) is 0 Å². The summed E-state index contributed by atoms with van der Waals surface area (Å²) in [6.45, 7) is 5.70. The van der Waals surface area contributed by atoms with E-state index in [-0.39, 0.29) is 17.3 Å². The molecule has 0 radical (unpaired) electrons. The van der Waals surface area contributed by atoms with Crippen LogP contribution in [0.4, 0.5) is 5.69 Å². The molecule has 0 spiro atoms. The highest BCUT2D eigenvalue weighted by Gasteiger charge is 2.33. The van der Waals surface area contributed by atoms with Gasteiger partial charge in [-0.3, -0.25) is 13.9 Å². The van der Waals surface area contributed by atoms with E-state index in [1.807, 2.05) is 37.3 Å². The zero-order valence-corrected chi connectivity index (χ0v) is 24.3. The van der Waals surface area contributed by atoms with Gasteiger partial charge in [-0.25, -0.2) is 8.42 Å². The third kappa shape index (κ3) is 7.45. The van der Waals surface area contributed by atoms with Gasteiger partial charge in [-0.2, -0.15) is 0 Å². The molecule has 0 heterocycles. The maximum absolute atomic E-state index is 13.9. The van der Waals surface area contributed by atoms with Crippen molar-refractivity contribution >= 4 is 43.5 Å². The Hall–Kier alpha value is -3.17. The largest absolute Gasteiger partial charge is 0.354 e. The lowest BCUT2D eigenvalue weighted by atomic mass is 10.1. The summed E-state index contributed by atoms with van der Waals surface area (Å²) in [7, 11) is -4.07. The Bertz CT molecular complexity index is 1350. The molecule has 202 valence electrons. The predicted octanol–water partition coefficient (Wildman–Crippen LogP) is 5.29. The molecule has 0 aliphatic carbocycles. The van der Waals surface area contributed by atoms with E-state index >= 15 is 0 Å². The minimum Gasteiger partial charge on any atom is -0.354 e. The van der Waals surface area contributed by atoms with Gasteiger partial charge in [-0.1, -0.05) is 77.8 Å². The molecule has 2 amide bonds. The summed E-state index contributed by atoms with van der Waals surface area (Å²) in [4.78, 5) is 28.4. The second-order valence-electron chi connectivity index (χ2n) is 9.08. The number of anilines is 1. The Kier molecular flexibility index (Phi) is 10.5. The number of rotatable bonds is 12. The Morgan fingerprint density at radius 3 is 2.32 bits per heavy atom. The fraction of sp³-hybridized carbons (Fsp3) is 0.310. The number of aryl methyl sites for hydroxylation is 1. The predicted molar refractivity (Wildman–Crippen MR) is 154 cm³/mol. The number of hydrogen-bond acceptors (Lipinski definition) is 4. The van der Waals surface area contributed by atoms with E-state index in [1.54, 1.807) is 50.2 Å². The smallest absolute Gasteiger partial charge is 0.264 e. The van der Waals surface area contributed by atoms with Crippen LogP contribution in [0.5, 0.6) is 0 Å². The van der Waals surface area contributed by atoms with Crippen LogP contribution in [0.15, 0.2) is 88.2 Å². The van der Waals surface area contributed by atoms with E-state index < -0.39 is 28.5 Å². The molecule has 0 aliphatic heterocycles. The molecule has 0 bridgehead atoms. The van der Waals surface area contributed by atoms with E-state index in [0.29, 0.717) is 17.8 Å². The van der Waals surface area contributed by atoms with E-state index in [2.05, 4.69) is 21.2 Å². The van der Waals surface area contributed by atoms with Gasteiger partial charge >= 0.3 is 0 Å². The topological polar surface area (TPSA) is 86.8 Å². The molecule has 0 aliphatic rings. The molecule has 1 unspecified atom stereocenters. The van der Waals surface area contributed by atoms with Gasteiger partial charge in [-0.05, 0) is 61.7 Å². The number of nitrogens with zero attached hydrogens (tertiary/aromatic N) is 2. The molecule has 3 rings (SSSR count). The highest BCUT2D eigenvalue weighted by Crippen LogP contribution is 2.27. The lowest BCUT2D eigenvalue weighted by Crippen LogP contribution is -2.51. The number of carbonyl (C=O) groups is 2. The number of sulfonamides is 1. The molecular weight excluding hydrogens is 566 g/mol. The summed E-state index contributed by atoms with van der Waals surface area (Å²) in [5.74, 6) is -0.763. The number of halogens is 1. The van der Waals surface area contributed by atoms with Crippen molar-refractivity contribution in [1.82, 2.24) is 10.2 Å². The second-order valence-corrected chi connectivity index (χ2v) is 11.9. The summed E-state index contributed by atoms with van der Waals surface area (Å²) in [6, 6.07) is 21.8. The monoisotopic (exact) mass is 599 g/mol. The molecule has 3 aromatic carbocycles. The number of nitrogens with one attached hydrogen (secondary N) is 1. The third-order valence-corrected chi connectivity index (χ3v) is 8.50. The lowest BCUT2D eigenvalue weighted by molar-refractivity contribution is -0.139. The Morgan fingerprint density at radius 2 is 1.66 bits per heavy atom. The summed E-state index contributed by atoms with van der Waals surface area (Å²) in [5, 5.41) is 2.89. The van der Waals surface area contributed by atoms with Crippen molar-refractivity contribution in [2.75, 3.05) is 17.4 Å². The average molecular weight is 601 g/mol. The Labute approximate surface area is 234 Å². The van der Waals surface area contributed by atoms with E-state index in [4.69, 9.17) is 0 Å². The molecule has 38 heavy (non-hydrogen) atoms. The van der Waals surface area contributed by atoms with Crippen LogP contribution in [0.1, 0.15) is 37.8 Å². The van der Waals surface area contributed by atoms with Gasteiger partial charge < -0.3 is 10.2 Å². The minimum atomic E-state index is -4.07. The number of carbonyl (C=O) groups excluding carboxylic acids is 2. The zero-order valence-electron chi connectivity index (χ0n) is 21.9. The number of hydrogen-bond donors (Lipinski definition) is 1. The molecule has 3 aromatic rings. The van der Waals surface area contributed by atoms with Crippen molar-refractivity contribution in [1.29, 1.82) is 0 Å². The maximum Gasteiger partial charge on any atom is 0.264 e. The SMILES string of the molecule is CCCCNC(=O)C(C)N(Cc1cccc(Br)c1)C(=O)CN(c1ccccc1C)S(=O)(=O)c1ccccc1. The molecule has 0 saturated heterocycles. The summed E-state index contributed by atoms with van der Waals surface area (Å²) in [5.41, 5.74) is 1.94. The standard InChI is InChI=1S/C29H34BrN3O4S/c1-4-5-18-31-29(35)23(3)32(20-24-13-11-14-25(30)19-24)28(34)21-33(27-17-10-9-12-22(27)2)38(36,37)26-15-7-6-8-16-26/h6-17,19,23H,4-5,18,20-21H2,1-3H3,(H,31,35). The van der Waals surface area contributed by atoms with Gasteiger partial charge in [0.1, 0.15) is 12.6 Å². The van der Waals surface area contributed by atoms with Crippen molar-refractivity contribution in [3.63, 3.8) is 0 Å².